The van der Waals surface area contributed by atoms with Crippen LogP contribution >= 0.6 is 0 Å². The Morgan fingerprint density at radius 1 is 1.47 bits per heavy atom. The van der Waals surface area contributed by atoms with Gasteiger partial charge in [0.2, 0.25) is 0 Å². The largest absolute Gasteiger partial charge is 0.391 e. The molecule has 2 rings (SSSR count). The highest BCUT2D eigenvalue weighted by atomic mass is 19.1. The Labute approximate surface area is 86.8 Å². The van der Waals surface area contributed by atoms with Crippen molar-refractivity contribution in [1.29, 1.82) is 0 Å². The molecule has 0 spiro atoms. The van der Waals surface area contributed by atoms with Crippen LogP contribution in [0.2, 0.25) is 0 Å². The van der Waals surface area contributed by atoms with E-state index in [4.69, 9.17) is 5.11 Å². The summed E-state index contributed by atoms with van der Waals surface area (Å²) in [5.41, 5.74) is 1.83. The molecule has 0 fully saturated rings. The van der Waals surface area contributed by atoms with Crippen molar-refractivity contribution in [3.8, 4) is 5.69 Å². The van der Waals surface area contributed by atoms with Crippen molar-refractivity contribution in [2.45, 2.75) is 13.5 Å². The summed E-state index contributed by atoms with van der Waals surface area (Å²) in [6.07, 6.45) is 3.47. The van der Waals surface area contributed by atoms with E-state index in [1.165, 1.54) is 6.07 Å². The Kier molecular flexibility index (Phi) is 2.51. The molecule has 0 aliphatic carbocycles. The van der Waals surface area contributed by atoms with Crippen LogP contribution in [0.1, 0.15) is 11.1 Å². The van der Waals surface area contributed by atoms with E-state index in [9.17, 15) is 4.39 Å². The lowest BCUT2D eigenvalue weighted by Crippen LogP contribution is -2.02. The van der Waals surface area contributed by atoms with Crippen LogP contribution in [-0.2, 0) is 6.61 Å². The number of aryl methyl sites for hydroxylation is 1. The molecule has 4 heteroatoms. The molecule has 1 aromatic heterocycles. The lowest BCUT2D eigenvalue weighted by atomic mass is 10.2. The highest BCUT2D eigenvalue weighted by Crippen LogP contribution is 2.17. The Balaban J connectivity index is 2.57. The molecule has 3 nitrogen and oxygen atoms in total. The SMILES string of the molecule is Cc1cnn(-c2cccc(F)c2CO)c1. The highest BCUT2D eigenvalue weighted by molar-refractivity contribution is 5.41. The summed E-state index contributed by atoms with van der Waals surface area (Å²) < 4.78 is 14.9. The second kappa shape index (κ2) is 3.82. The fourth-order valence-electron chi connectivity index (χ4n) is 1.46. The van der Waals surface area contributed by atoms with E-state index in [2.05, 4.69) is 5.10 Å². The summed E-state index contributed by atoms with van der Waals surface area (Å²) in [5.74, 6) is -0.414. The van der Waals surface area contributed by atoms with E-state index in [0.29, 0.717) is 5.69 Å². The fraction of sp³-hybridized carbons (Fsp3) is 0.182. The van der Waals surface area contributed by atoms with Crippen molar-refractivity contribution < 1.29 is 9.50 Å². The Morgan fingerprint density at radius 3 is 2.87 bits per heavy atom. The second-order valence-corrected chi connectivity index (χ2v) is 3.36. The minimum atomic E-state index is -0.414. The smallest absolute Gasteiger partial charge is 0.130 e. The molecule has 0 amide bonds. The molecule has 2 aromatic rings. The third-order valence-corrected chi connectivity index (χ3v) is 2.21. The summed E-state index contributed by atoms with van der Waals surface area (Å²) in [6, 6.07) is 4.65. The molecule has 1 heterocycles. The van der Waals surface area contributed by atoms with Gasteiger partial charge in [-0.25, -0.2) is 9.07 Å². The first-order chi connectivity index (χ1) is 7.22. The molecular formula is C11H11FN2O. The highest BCUT2D eigenvalue weighted by Gasteiger charge is 2.09. The first-order valence-corrected chi connectivity index (χ1v) is 4.62. The van der Waals surface area contributed by atoms with Crippen LogP contribution in [0.4, 0.5) is 4.39 Å². The first kappa shape index (κ1) is 9.86. The summed E-state index contributed by atoms with van der Waals surface area (Å²) >= 11 is 0. The summed E-state index contributed by atoms with van der Waals surface area (Å²) in [6.45, 7) is 1.57. The van der Waals surface area contributed by atoms with Crippen molar-refractivity contribution in [3.63, 3.8) is 0 Å². The number of rotatable bonds is 2. The quantitative estimate of drug-likeness (QED) is 0.813. The third-order valence-electron chi connectivity index (χ3n) is 2.21. The molecule has 1 aromatic carbocycles. The van der Waals surface area contributed by atoms with Crippen molar-refractivity contribution in [2.75, 3.05) is 0 Å². The van der Waals surface area contributed by atoms with Crippen LogP contribution in [0.25, 0.3) is 5.69 Å². The van der Waals surface area contributed by atoms with Gasteiger partial charge in [-0.3, -0.25) is 0 Å². The Morgan fingerprint density at radius 2 is 2.27 bits per heavy atom. The number of nitrogens with zero attached hydrogens (tertiary/aromatic N) is 2. The number of aromatic nitrogens is 2. The molecule has 0 radical (unpaired) electrons. The molecule has 0 unspecified atom stereocenters. The number of aliphatic hydroxyl groups excluding tert-OH is 1. The molecule has 0 saturated heterocycles. The molecule has 78 valence electrons. The van der Waals surface area contributed by atoms with Gasteiger partial charge in [-0.05, 0) is 24.6 Å². The molecule has 0 aliphatic heterocycles. The van der Waals surface area contributed by atoms with E-state index >= 15 is 0 Å². The molecule has 0 saturated carbocycles. The maximum atomic E-state index is 13.3. The predicted octanol–water partition coefficient (Wildman–Crippen LogP) is 1.81. The third kappa shape index (κ3) is 1.76. The Bertz CT molecular complexity index is 479. The van der Waals surface area contributed by atoms with Gasteiger partial charge in [0.1, 0.15) is 5.82 Å². The average Bonchev–Trinajstić information content (AvgIpc) is 2.64. The zero-order valence-corrected chi connectivity index (χ0v) is 8.31. The van der Waals surface area contributed by atoms with Crippen LogP contribution in [0.5, 0.6) is 0 Å². The number of halogens is 1. The van der Waals surface area contributed by atoms with Crippen LogP contribution in [0, 0.1) is 12.7 Å². The topological polar surface area (TPSA) is 38.0 Å². The molecular weight excluding hydrogens is 195 g/mol. The van der Waals surface area contributed by atoms with E-state index in [-0.39, 0.29) is 12.2 Å². The average molecular weight is 206 g/mol. The standard InChI is InChI=1S/C11H11FN2O/c1-8-5-13-14(6-8)11-4-2-3-10(12)9(11)7-15/h2-6,15H,7H2,1H3. The van der Waals surface area contributed by atoms with Crippen LogP contribution in [-0.4, -0.2) is 14.9 Å². The van der Waals surface area contributed by atoms with Gasteiger partial charge in [0.25, 0.3) is 0 Å². The molecule has 1 N–H and O–H groups in total. The van der Waals surface area contributed by atoms with E-state index in [1.807, 2.05) is 6.92 Å². The summed E-state index contributed by atoms with van der Waals surface area (Å²) in [5, 5.41) is 13.2. The monoisotopic (exact) mass is 206 g/mol. The van der Waals surface area contributed by atoms with Crippen molar-refractivity contribution in [2.24, 2.45) is 0 Å². The molecule has 0 aliphatic rings. The summed E-state index contributed by atoms with van der Waals surface area (Å²) in [4.78, 5) is 0. The molecule has 0 bridgehead atoms. The van der Waals surface area contributed by atoms with Gasteiger partial charge in [0.05, 0.1) is 18.5 Å². The number of benzene rings is 1. The molecule has 15 heavy (non-hydrogen) atoms. The zero-order valence-electron chi connectivity index (χ0n) is 8.31. The lowest BCUT2D eigenvalue weighted by molar-refractivity contribution is 0.275. The maximum absolute atomic E-state index is 13.3. The second-order valence-electron chi connectivity index (χ2n) is 3.36. The van der Waals surface area contributed by atoms with Crippen molar-refractivity contribution in [1.82, 2.24) is 9.78 Å². The van der Waals surface area contributed by atoms with E-state index < -0.39 is 5.82 Å². The minimum absolute atomic E-state index is 0.264. The van der Waals surface area contributed by atoms with Gasteiger partial charge >= 0.3 is 0 Å². The van der Waals surface area contributed by atoms with Gasteiger partial charge in [0.15, 0.2) is 0 Å². The predicted molar refractivity (Wildman–Crippen MR) is 54.2 cm³/mol. The minimum Gasteiger partial charge on any atom is -0.391 e. The van der Waals surface area contributed by atoms with Crippen molar-refractivity contribution >= 4 is 0 Å². The van der Waals surface area contributed by atoms with Gasteiger partial charge in [-0.1, -0.05) is 6.07 Å². The van der Waals surface area contributed by atoms with Crippen molar-refractivity contribution in [3.05, 3.63) is 47.5 Å². The van der Waals surface area contributed by atoms with E-state index in [0.717, 1.165) is 5.56 Å². The van der Waals surface area contributed by atoms with Gasteiger partial charge < -0.3 is 5.11 Å². The number of hydrogen-bond acceptors (Lipinski definition) is 2. The first-order valence-electron chi connectivity index (χ1n) is 4.62. The summed E-state index contributed by atoms with van der Waals surface area (Å²) in [7, 11) is 0. The number of hydrogen-bond donors (Lipinski definition) is 1. The van der Waals surface area contributed by atoms with Crippen LogP contribution in [0.3, 0.4) is 0 Å². The van der Waals surface area contributed by atoms with Gasteiger partial charge in [-0.2, -0.15) is 5.10 Å². The lowest BCUT2D eigenvalue weighted by Gasteiger charge is -2.07. The zero-order chi connectivity index (χ0) is 10.8. The molecule has 0 atom stereocenters. The Hall–Kier alpha value is -1.68. The maximum Gasteiger partial charge on any atom is 0.130 e. The van der Waals surface area contributed by atoms with Gasteiger partial charge in [0, 0.05) is 11.8 Å². The normalized spacial score (nSPS) is 10.6. The van der Waals surface area contributed by atoms with Crippen LogP contribution < -0.4 is 0 Å². The number of aliphatic hydroxyl groups is 1. The fourth-order valence-corrected chi connectivity index (χ4v) is 1.46. The van der Waals surface area contributed by atoms with E-state index in [1.54, 1.807) is 29.2 Å². The van der Waals surface area contributed by atoms with Crippen LogP contribution in [0.15, 0.2) is 30.6 Å². The van der Waals surface area contributed by atoms with Gasteiger partial charge in [-0.15, -0.1) is 0 Å².